The van der Waals surface area contributed by atoms with E-state index in [9.17, 15) is 14.4 Å². The van der Waals surface area contributed by atoms with E-state index in [1.54, 1.807) is 38.2 Å². The van der Waals surface area contributed by atoms with Crippen molar-refractivity contribution in [3.8, 4) is 0 Å². The average Bonchev–Trinajstić information content (AvgIpc) is 2.50. The molecule has 0 aliphatic carbocycles. The van der Waals surface area contributed by atoms with Crippen LogP contribution in [-0.4, -0.2) is 47.4 Å². The molecule has 106 valence electrons. The van der Waals surface area contributed by atoms with Crippen molar-refractivity contribution >= 4 is 23.5 Å². The van der Waals surface area contributed by atoms with Gasteiger partial charge in [-0.05, 0) is 19.1 Å². The summed E-state index contributed by atoms with van der Waals surface area (Å²) in [6.45, 7) is 1.63. The van der Waals surface area contributed by atoms with E-state index in [4.69, 9.17) is 5.11 Å². The first-order valence-corrected chi connectivity index (χ1v) is 6.33. The monoisotopic (exact) mass is 276 g/mol. The number of likely N-dealkylation sites (N-methyl/N-ethyl adjacent to an activating group) is 1. The van der Waals surface area contributed by atoms with E-state index in [1.165, 1.54) is 9.80 Å². The van der Waals surface area contributed by atoms with E-state index in [1.807, 2.05) is 0 Å². The molecule has 2 amide bonds. The highest BCUT2D eigenvalue weighted by molar-refractivity contribution is 6.10. The van der Waals surface area contributed by atoms with Crippen LogP contribution < -0.4 is 4.90 Å². The molecule has 1 aliphatic rings. The maximum Gasteiger partial charge on any atom is 0.305 e. The van der Waals surface area contributed by atoms with Gasteiger partial charge >= 0.3 is 5.97 Å². The second-order valence-electron chi connectivity index (χ2n) is 4.73. The highest BCUT2D eigenvalue weighted by Crippen LogP contribution is 2.26. The van der Waals surface area contributed by atoms with Gasteiger partial charge < -0.3 is 14.9 Å². The molecule has 1 aromatic rings. The molecule has 2 rings (SSSR count). The topological polar surface area (TPSA) is 77.9 Å². The number of amides is 2. The molecule has 0 spiro atoms. The number of benzene rings is 1. The lowest BCUT2D eigenvalue weighted by Crippen LogP contribution is -2.46. The third-order valence-electron chi connectivity index (χ3n) is 3.48. The number of aliphatic carboxylic acids is 1. The smallest absolute Gasteiger partial charge is 0.305 e. The van der Waals surface area contributed by atoms with Crippen molar-refractivity contribution in [2.45, 2.75) is 19.4 Å². The summed E-state index contributed by atoms with van der Waals surface area (Å²) in [5, 5.41) is 8.77. The van der Waals surface area contributed by atoms with Crippen molar-refractivity contribution in [2.24, 2.45) is 0 Å². The molecule has 1 unspecified atom stereocenters. The molecule has 0 fully saturated rings. The lowest BCUT2D eigenvalue weighted by Gasteiger charge is -2.26. The Morgan fingerprint density at radius 2 is 1.95 bits per heavy atom. The number of fused-ring (bicyclic) bond motifs is 1. The summed E-state index contributed by atoms with van der Waals surface area (Å²) in [6, 6.07) is 6.15. The first-order chi connectivity index (χ1) is 9.43. The Bertz CT molecular complexity index is 570. The van der Waals surface area contributed by atoms with Gasteiger partial charge in [-0.1, -0.05) is 12.1 Å². The number of carbonyl (C=O) groups excluding carboxylic acids is 2. The van der Waals surface area contributed by atoms with E-state index in [0.29, 0.717) is 11.3 Å². The summed E-state index contributed by atoms with van der Waals surface area (Å²) in [5.74, 6) is -1.54. The molecule has 1 aliphatic heterocycles. The van der Waals surface area contributed by atoms with Gasteiger partial charge in [-0.15, -0.1) is 0 Å². The number of hydrogen-bond donors (Lipinski definition) is 1. The summed E-state index contributed by atoms with van der Waals surface area (Å²) in [6.07, 6.45) is -0.185. The highest BCUT2D eigenvalue weighted by atomic mass is 16.4. The largest absolute Gasteiger partial charge is 0.481 e. The molecular weight excluding hydrogens is 260 g/mol. The zero-order valence-electron chi connectivity index (χ0n) is 11.4. The summed E-state index contributed by atoms with van der Waals surface area (Å²) in [4.78, 5) is 38.3. The molecule has 6 nitrogen and oxygen atoms in total. The molecule has 0 aromatic heterocycles. The van der Waals surface area contributed by atoms with Crippen LogP contribution in [0.15, 0.2) is 24.3 Å². The number of rotatable bonds is 3. The van der Waals surface area contributed by atoms with Crippen LogP contribution >= 0.6 is 0 Å². The third kappa shape index (κ3) is 2.36. The van der Waals surface area contributed by atoms with Crippen molar-refractivity contribution in [3.05, 3.63) is 29.8 Å². The minimum atomic E-state index is -0.997. The Balaban J connectivity index is 2.43. The zero-order chi connectivity index (χ0) is 14.9. The van der Waals surface area contributed by atoms with Crippen molar-refractivity contribution < 1.29 is 19.5 Å². The van der Waals surface area contributed by atoms with E-state index in [-0.39, 0.29) is 24.8 Å². The van der Waals surface area contributed by atoms with Crippen molar-refractivity contribution in [1.82, 2.24) is 4.90 Å². The van der Waals surface area contributed by atoms with Crippen LogP contribution in [0.25, 0.3) is 0 Å². The molecule has 1 N–H and O–H groups in total. The van der Waals surface area contributed by atoms with Crippen LogP contribution in [-0.2, 0) is 9.59 Å². The predicted octanol–water partition coefficient (Wildman–Crippen LogP) is 0.968. The molecule has 6 heteroatoms. The molecule has 0 saturated carbocycles. The summed E-state index contributed by atoms with van der Waals surface area (Å²) >= 11 is 0. The number of carboxylic acid groups (broad SMARTS) is 1. The molecule has 0 radical (unpaired) electrons. The lowest BCUT2D eigenvalue weighted by atomic mass is 10.1. The Morgan fingerprint density at radius 1 is 1.30 bits per heavy atom. The first kappa shape index (κ1) is 14.0. The second-order valence-corrected chi connectivity index (χ2v) is 4.73. The summed E-state index contributed by atoms with van der Waals surface area (Å²) in [5.41, 5.74) is 0.963. The van der Waals surface area contributed by atoms with Crippen LogP contribution in [0.1, 0.15) is 23.7 Å². The van der Waals surface area contributed by atoms with Crippen molar-refractivity contribution in [1.29, 1.82) is 0 Å². The molecule has 1 aromatic carbocycles. The maximum absolute atomic E-state index is 12.5. The second kappa shape index (κ2) is 5.32. The number of para-hydroxylation sites is 1. The minimum absolute atomic E-state index is 0.0171. The zero-order valence-corrected chi connectivity index (χ0v) is 11.4. The molecule has 20 heavy (non-hydrogen) atoms. The molecule has 0 bridgehead atoms. The van der Waals surface area contributed by atoms with Crippen LogP contribution in [0.5, 0.6) is 0 Å². The van der Waals surface area contributed by atoms with Gasteiger partial charge in [-0.25, -0.2) is 0 Å². The fraction of sp³-hybridized carbons (Fsp3) is 0.357. The summed E-state index contributed by atoms with van der Waals surface area (Å²) < 4.78 is 0. The van der Waals surface area contributed by atoms with Gasteiger partial charge in [0.15, 0.2) is 0 Å². The maximum atomic E-state index is 12.5. The Kier molecular flexibility index (Phi) is 3.74. The fourth-order valence-electron chi connectivity index (χ4n) is 2.32. The minimum Gasteiger partial charge on any atom is -0.481 e. The Morgan fingerprint density at radius 3 is 2.60 bits per heavy atom. The average molecular weight is 276 g/mol. The number of anilines is 1. The lowest BCUT2D eigenvalue weighted by molar-refractivity contribution is -0.137. The molecule has 1 heterocycles. The van der Waals surface area contributed by atoms with Crippen LogP contribution in [0.3, 0.4) is 0 Å². The summed E-state index contributed by atoms with van der Waals surface area (Å²) in [7, 11) is 1.62. The van der Waals surface area contributed by atoms with Crippen LogP contribution in [0.2, 0.25) is 0 Å². The van der Waals surface area contributed by atoms with Gasteiger partial charge in [0.05, 0.1) is 17.7 Å². The normalized spacial score (nSPS) is 18.8. The van der Waals surface area contributed by atoms with Crippen LogP contribution in [0, 0.1) is 0 Å². The first-order valence-electron chi connectivity index (χ1n) is 6.33. The number of nitrogens with zero attached hydrogens (tertiary/aromatic N) is 2. The van der Waals surface area contributed by atoms with Crippen molar-refractivity contribution in [2.75, 3.05) is 18.5 Å². The van der Waals surface area contributed by atoms with E-state index >= 15 is 0 Å². The van der Waals surface area contributed by atoms with Gasteiger partial charge in [0.25, 0.3) is 5.91 Å². The molecule has 1 atom stereocenters. The van der Waals surface area contributed by atoms with E-state index < -0.39 is 12.0 Å². The fourth-order valence-corrected chi connectivity index (χ4v) is 2.32. The highest BCUT2D eigenvalue weighted by Gasteiger charge is 2.35. The Hall–Kier alpha value is -2.37. The van der Waals surface area contributed by atoms with E-state index in [2.05, 4.69) is 0 Å². The van der Waals surface area contributed by atoms with Gasteiger partial charge in [-0.2, -0.15) is 0 Å². The Labute approximate surface area is 116 Å². The van der Waals surface area contributed by atoms with E-state index in [0.717, 1.165) is 0 Å². The molecular formula is C14H16N2O4. The standard InChI is InChI=1S/C14H16N2O4/c1-9-13(19)15(2)11-6-4-3-5-10(11)14(20)16(9)8-7-12(17)18/h3-6,9H,7-8H2,1-2H3,(H,17,18). The third-order valence-corrected chi connectivity index (χ3v) is 3.48. The molecule has 0 saturated heterocycles. The van der Waals surface area contributed by atoms with Crippen LogP contribution in [0.4, 0.5) is 5.69 Å². The van der Waals surface area contributed by atoms with Gasteiger partial charge in [0, 0.05) is 13.6 Å². The van der Waals surface area contributed by atoms with Gasteiger partial charge in [-0.3, -0.25) is 14.4 Å². The van der Waals surface area contributed by atoms with Crippen molar-refractivity contribution in [3.63, 3.8) is 0 Å². The number of carbonyl (C=O) groups is 3. The van der Waals surface area contributed by atoms with Gasteiger partial charge in [0.2, 0.25) is 5.91 Å². The van der Waals surface area contributed by atoms with Gasteiger partial charge in [0.1, 0.15) is 6.04 Å². The number of carboxylic acids is 1. The number of hydrogen-bond acceptors (Lipinski definition) is 3. The predicted molar refractivity (Wildman–Crippen MR) is 72.6 cm³/mol. The quantitative estimate of drug-likeness (QED) is 0.892. The SMILES string of the molecule is CC1C(=O)N(C)c2ccccc2C(=O)N1CCC(=O)O.